The minimum Gasteiger partial charge on any atom is -0.497 e. The van der Waals surface area contributed by atoms with Gasteiger partial charge in [-0.1, -0.05) is 12.1 Å². The average Bonchev–Trinajstić information content (AvgIpc) is 3.30. The van der Waals surface area contributed by atoms with Gasteiger partial charge in [0.15, 0.2) is 11.5 Å². The Kier molecular flexibility index (Phi) is 6.96. The lowest BCUT2D eigenvalue weighted by atomic mass is 9.99. The number of amides is 1. The lowest BCUT2D eigenvalue weighted by Crippen LogP contribution is -2.09. The molecule has 0 aliphatic rings. The van der Waals surface area contributed by atoms with E-state index >= 15 is 0 Å². The Morgan fingerprint density at radius 2 is 1.63 bits per heavy atom. The van der Waals surface area contributed by atoms with Crippen LogP contribution in [0, 0.1) is 0 Å². The zero-order valence-corrected chi connectivity index (χ0v) is 20.3. The summed E-state index contributed by atoms with van der Waals surface area (Å²) in [5, 5.41) is 3.77. The Bertz CT molecular complexity index is 1400. The molecular weight excluding hydrogens is 446 g/mol. The second kappa shape index (κ2) is 10.3. The molecule has 0 unspecified atom stereocenters. The largest absolute Gasteiger partial charge is 0.497 e. The first kappa shape index (κ1) is 23.8. The molecule has 35 heavy (non-hydrogen) atoms. The number of rotatable bonds is 8. The van der Waals surface area contributed by atoms with Crippen molar-refractivity contribution in [3.63, 3.8) is 0 Å². The minimum absolute atomic E-state index is 0.280. The summed E-state index contributed by atoms with van der Waals surface area (Å²) in [6, 6.07) is 16.8. The summed E-state index contributed by atoms with van der Waals surface area (Å²) in [7, 11) is 6.34. The van der Waals surface area contributed by atoms with Crippen molar-refractivity contribution in [3.05, 3.63) is 72.5 Å². The first-order valence-corrected chi connectivity index (χ1v) is 10.9. The number of allylic oxidation sites excluding steroid dienone is 1. The van der Waals surface area contributed by atoms with Crippen LogP contribution in [0.4, 0.5) is 5.69 Å². The number of fused-ring (bicyclic) bond motifs is 1. The topological polar surface area (TPSA) is 79.2 Å². The van der Waals surface area contributed by atoms with Gasteiger partial charge in [-0.3, -0.25) is 4.79 Å². The standard InChI is InChI=1S/C28H27NO6/c1-17(11-28(30)29-19-9-10-24(32-3)27(13-19)34-5)21-14-22-23(16-35-26(22)15-25(21)33-4)18-7-6-8-20(12-18)31-2/h6-16H,1-5H3,(H,29,30)/b17-11+. The number of nitrogens with one attached hydrogen (secondary N) is 1. The smallest absolute Gasteiger partial charge is 0.248 e. The highest BCUT2D eigenvalue weighted by molar-refractivity contribution is 6.05. The van der Waals surface area contributed by atoms with Crippen LogP contribution < -0.4 is 24.3 Å². The van der Waals surface area contributed by atoms with Crippen LogP contribution in [0.15, 0.2) is 71.4 Å². The highest BCUT2D eigenvalue weighted by Gasteiger charge is 2.15. The lowest BCUT2D eigenvalue weighted by Gasteiger charge is -2.11. The van der Waals surface area contributed by atoms with E-state index in [2.05, 4.69) is 5.32 Å². The van der Waals surface area contributed by atoms with Gasteiger partial charge in [0.05, 0.1) is 34.7 Å². The molecule has 0 aliphatic heterocycles. The monoisotopic (exact) mass is 473 g/mol. The molecule has 0 spiro atoms. The van der Waals surface area contributed by atoms with Gasteiger partial charge in [0, 0.05) is 40.4 Å². The molecule has 0 radical (unpaired) electrons. The predicted octanol–water partition coefficient (Wildman–Crippen LogP) is 6.18. The minimum atomic E-state index is -0.280. The van der Waals surface area contributed by atoms with Gasteiger partial charge in [-0.2, -0.15) is 0 Å². The Labute approximate surface area is 203 Å². The molecule has 7 nitrogen and oxygen atoms in total. The first-order valence-electron chi connectivity index (χ1n) is 10.9. The van der Waals surface area contributed by atoms with Gasteiger partial charge in [-0.05, 0) is 48.4 Å². The molecule has 7 heteroatoms. The normalized spacial score (nSPS) is 11.3. The SMILES string of the molecule is COc1cccc(-c2coc3cc(OC)c(/C(C)=C/C(=O)Nc4ccc(OC)c(OC)c4)cc23)c1. The summed E-state index contributed by atoms with van der Waals surface area (Å²) in [5.41, 5.74) is 4.69. The van der Waals surface area contributed by atoms with Crippen molar-refractivity contribution in [1.82, 2.24) is 0 Å². The maximum atomic E-state index is 12.8. The van der Waals surface area contributed by atoms with E-state index in [1.807, 2.05) is 43.3 Å². The van der Waals surface area contributed by atoms with Crippen LogP contribution in [0.1, 0.15) is 12.5 Å². The van der Waals surface area contributed by atoms with Crippen LogP contribution in [0.25, 0.3) is 27.7 Å². The quantitative estimate of drug-likeness (QED) is 0.308. The Balaban J connectivity index is 1.67. The number of ether oxygens (including phenoxy) is 4. The number of hydrogen-bond acceptors (Lipinski definition) is 6. The average molecular weight is 474 g/mol. The fourth-order valence-electron chi connectivity index (χ4n) is 3.91. The summed E-state index contributed by atoms with van der Waals surface area (Å²) in [5.74, 6) is 2.20. The molecule has 4 rings (SSSR count). The third-order valence-corrected chi connectivity index (χ3v) is 5.70. The summed E-state index contributed by atoms with van der Waals surface area (Å²) in [4.78, 5) is 12.8. The van der Waals surface area contributed by atoms with Gasteiger partial charge in [0.25, 0.3) is 0 Å². The van der Waals surface area contributed by atoms with E-state index in [-0.39, 0.29) is 5.91 Å². The maximum absolute atomic E-state index is 12.8. The third-order valence-electron chi connectivity index (χ3n) is 5.70. The zero-order valence-electron chi connectivity index (χ0n) is 20.3. The van der Waals surface area contributed by atoms with Crippen molar-refractivity contribution in [2.24, 2.45) is 0 Å². The number of carbonyl (C=O) groups excluding carboxylic acids is 1. The van der Waals surface area contributed by atoms with Gasteiger partial charge in [-0.15, -0.1) is 0 Å². The van der Waals surface area contributed by atoms with Gasteiger partial charge >= 0.3 is 0 Å². The van der Waals surface area contributed by atoms with Crippen molar-refractivity contribution >= 4 is 28.1 Å². The number of carbonyl (C=O) groups is 1. The van der Waals surface area contributed by atoms with Crippen LogP contribution in [0.3, 0.4) is 0 Å². The summed E-state index contributed by atoms with van der Waals surface area (Å²) >= 11 is 0. The molecule has 1 N–H and O–H groups in total. The molecule has 0 bridgehead atoms. The molecule has 0 saturated carbocycles. The second-order valence-electron chi connectivity index (χ2n) is 7.82. The number of hydrogen-bond donors (Lipinski definition) is 1. The van der Waals surface area contributed by atoms with Gasteiger partial charge in [0.2, 0.25) is 5.91 Å². The predicted molar refractivity (Wildman–Crippen MR) is 137 cm³/mol. The van der Waals surface area contributed by atoms with Crippen LogP contribution in [-0.4, -0.2) is 34.3 Å². The molecule has 180 valence electrons. The van der Waals surface area contributed by atoms with Crippen LogP contribution in [0.2, 0.25) is 0 Å². The van der Waals surface area contributed by atoms with E-state index in [1.54, 1.807) is 52.9 Å². The number of anilines is 1. The van der Waals surface area contributed by atoms with Crippen molar-refractivity contribution in [2.75, 3.05) is 33.8 Å². The third kappa shape index (κ3) is 4.94. The molecule has 0 atom stereocenters. The molecule has 0 fully saturated rings. The molecule has 1 amide bonds. The molecular formula is C28H27NO6. The highest BCUT2D eigenvalue weighted by atomic mass is 16.5. The van der Waals surface area contributed by atoms with E-state index in [1.165, 1.54) is 6.08 Å². The van der Waals surface area contributed by atoms with E-state index in [0.29, 0.717) is 28.5 Å². The summed E-state index contributed by atoms with van der Waals surface area (Å²) < 4.78 is 27.3. The fourth-order valence-corrected chi connectivity index (χ4v) is 3.91. The molecule has 0 aliphatic carbocycles. The van der Waals surface area contributed by atoms with Crippen LogP contribution >= 0.6 is 0 Å². The van der Waals surface area contributed by atoms with Crippen molar-refractivity contribution in [3.8, 4) is 34.1 Å². The molecule has 4 aromatic rings. The van der Waals surface area contributed by atoms with Crippen LogP contribution in [-0.2, 0) is 4.79 Å². The lowest BCUT2D eigenvalue weighted by molar-refractivity contribution is -0.111. The highest BCUT2D eigenvalue weighted by Crippen LogP contribution is 2.38. The Morgan fingerprint density at radius 1 is 0.857 bits per heavy atom. The number of furan rings is 1. The zero-order chi connectivity index (χ0) is 24.9. The summed E-state index contributed by atoms with van der Waals surface area (Å²) in [6.07, 6.45) is 3.25. The molecule has 1 heterocycles. The number of benzene rings is 3. The van der Waals surface area contributed by atoms with E-state index < -0.39 is 0 Å². The Hall–Kier alpha value is -4.39. The number of methoxy groups -OCH3 is 4. The maximum Gasteiger partial charge on any atom is 0.248 e. The van der Waals surface area contributed by atoms with Gasteiger partial charge in [-0.25, -0.2) is 0 Å². The van der Waals surface area contributed by atoms with E-state index in [9.17, 15) is 4.79 Å². The second-order valence-corrected chi connectivity index (χ2v) is 7.82. The molecule has 1 aromatic heterocycles. The molecule has 3 aromatic carbocycles. The van der Waals surface area contributed by atoms with Crippen molar-refractivity contribution in [1.29, 1.82) is 0 Å². The summed E-state index contributed by atoms with van der Waals surface area (Å²) in [6.45, 7) is 1.86. The van der Waals surface area contributed by atoms with E-state index in [0.717, 1.165) is 33.4 Å². The van der Waals surface area contributed by atoms with Gasteiger partial charge in [0.1, 0.15) is 17.1 Å². The van der Waals surface area contributed by atoms with Gasteiger partial charge < -0.3 is 28.7 Å². The first-order chi connectivity index (χ1) is 17.0. The van der Waals surface area contributed by atoms with E-state index in [4.69, 9.17) is 23.4 Å². The molecule has 0 saturated heterocycles. The Morgan fingerprint density at radius 3 is 2.34 bits per heavy atom. The van der Waals surface area contributed by atoms with Crippen molar-refractivity contribution < 1.29 is 28.2 Å². The fraction of sp³-hybridized carbons (Fsp3) is 0.179. The van der Waals surface area contributed by atoms with Crippen molar-refractivity contribution in [2.45, 2.75) is 6.92 Å². The van der Waals surface area contributed by atoms with Crippen LogP contribution in [0.5, 0.6) is 23.0 Å².